The number of fused-ring (bicyclic) bond motifs is 1. The minimum Gasteiger partial charge on any atom is -0.469 e. The summed E-state index contributed by atoms with van der Waals surface area (Å²) in [6.07, 6.45) is 8.43. The smallest absolute Gasteiger partial charge is 0.191 e. The van der Waals surface area contributed by atoms with Crippen LogP contribution in [0.5, 0.6) is 0 Å². The van der Waals surface area contributed by atoms with Gasteiger partial charge in [-0.1, -0.05) is 12.2 Å². The number of guanidine groups is 1. The van der Waals surface area contributed by atoms with Crippen molar-refractivity contribution in [2.45, 2.75) is 45.4 Å². The quantitative estimate of drug-likeness (QED) is 0.423. The number of aliphatic imine (C=N–C) groups is 1. The summed E-state index contributed by atoms with van der Waals surface area (Å²) in [6, 6.07) is 3.90. The highest BCUT2D eigenvalue weighted by Gasteiger charge is 2.14. The fourth-order valence-electron chi connectivity index (χ4n) is 2.95. The van der Waals surface area contributed by atoms with E-state index in [4.69, 9.17) is 9.40 Å². The highest BCUT2D eigenvalue weighted by atomic mass is 32.1. The van der Waals surface area contributed by atoms with Gasteiger partial charge in [-0.2, -0.15) is 0 Å². The van der Waals surface area contributed by atoms with Crippen LogP contribution in [0.4, 0.5) is 0 Å². The molecule has 2 heterocycles. The minimum atomic E-state index is 0.627. The number of aromatic nitrogens is 1. The van der Waals surface area contributed by atoms with Crippen molar-refractivity contribution < 1.29 is 4.42 Å². The molecule has 0 atom stereocenters. The van der Waals surface area contributed by atoms with Gasteiger partial charge in [0.2, 0.25) is 0 Å². The Morgan fingerprint density at radius 1 is 1.27 bits per heavy atom. The van der Waals surface area contributed by atoms with Crippen LogP contribution >= 0.6 is 11.3 Å². The number of thiazole rings is 1. The van der Waals surface area contributed by atoms with Gasteiger partial charge >= 0.3 is 0 Å². The van der Waals surface area contributed by atoms with Crippen LogP contribution in [0.1, 0.15) is 41.1 Å². The summed E-state index contributed by atoms with van der Waals surface area (Å²) < 4.78 is 5.37. The number of nitrogens with zero attached hydrogens (tertiary/aromatic N) is 2. The van der Waals surface area contributed by atoms with E-state index in [-0.39, 0.29) is 0 Å². The molecule has 0 amide bonds. The van der Waals surface area contributed by atoms with Crippen LogP contribution in [-0.4, -0.2) is 30.6 Å². The van der Waals surface area contributed by atoms with Crippen molar-refractivity contribution in [3.05, 3.63) is 51.9 Å². The number of aryl methyl sites for hydroxylation is 2. The molecule has 0 spiro atoms. The zero-order chi connectivity index (χ0) is 18.2. The van der Waals surface area contributed by atoms with Gasteiger partial charge in [-0.25, -0.2) is 9.98 Å². The molecule has 0 bridgehead atoms. The Morgan fingerprint density at radius 3 is 2.81 bits per heavy atom. The number of hydrogen-bond acceptors (Lipinski definition) is 4. The van der Waals surface area contributed by atoms with E-state index in [0.717, 1.165) is 49.6 Å². The van der Waals surface area contributed by atoms with E-state index in [0.29, 0.717) is 6.54 Å². The van der Waals surface area contributed by atoms with Crippen molar-refractivity contribution in [3.63, 3.8) is 0 Å². The van der Waals surface area contributed by atoms with E-state index in [2.05, 4.69) is 22.2 Å². The van der Waals surface area contributed by atoms with Crippen molar-refractivity contribution in [2.75, 3.05) is 19.6 Å². The van der Waals surface area contributed by atoms with Gasteiger partial charge in [0.25, 0.3) is 0 Å². The van der Waals surface area contributed by atoms with Gasteiger partial charge in [-0.15, -0.1) is 11.3 Å². The van der Waals surface area contributed by atoms with E-state index in [1.807, 2.05) is 30.4 Å². The third-order valence-corrected chi connectivity index (χ3v) is 5.49. The third-order valence-electron chi connectivity index (χ3n) is 4.27. The second-order valence-electron chi connectivity index (χ2n) is 6.74. The van der Waals surface area contributed by atoms with E-state index >= 15 is 0 Å². The fraction of sp³-hybridized carbons (Fsp3) is 0.500. The molecule has 0 saturated carbocycles. The SMILES string of the molecule is C=C(C)CN=C(NCCc1ccco1)NCCc1nc2c(s1)CCCC2. The van der Waals surface area contributed by atoms with Gasteiger partial charge in [0.05, 0.1) is 23.5 Å². The van der Waals surface area contributed by atoms with Gasteiger partial charge < -0.3 is 15.1 Å². The molecule has 0 fully saturated rings. The Labute approximate surface area is 159 Å². The monoisotopic (exact) mass is 372 g/mol. The maximum atomic E-state index is 5.37. The lowest BCUT2D eigenvalue weighted by Crippen LogP contribution is -2.39. The highest BCUT2D eigenvalue weighted by molar-refractivity contribution is 7.11. The number of furan rings is 1. The molecule has 2 aromatic rings. The Kier molecular flexibility index (Phi) is 6.89. The Hall–Kier alpha value is -2.08. The first kappa shape index (κ1) is 18.7. The van der Waals surface area contributed by atoms with E-state index in [9.17, 15) is 0 Å². The molecule has 2 N–H and O–H groups in total. The number of hydrogen-bond donors (Lipinski definition) is 2. The zero-order valence-electron chi connectivity index (χ0n) is 15.5. The Morgan fingerprint density at radius 2 is 2.08 bits per heavy atom. The maximum Gasteiger partial charge on any atom is 0.191 e. The van der Waals surface area contributed by atoms with Crippen molar-refractivity contribution in [1.29, 1.82) is 0 Å². The predicted octanol–water partition coefficient (Wildman–Crippen LogP) is 3.51. The third kappa shape index (κ3) is 5.73. The van der Waals surface area contributed by atoms with Crippen LogP contribution in [0.15, 0.2) is 40.0 Å². The molecule has 0 radical (unpaired) electrons. The average Bonchev–Trinajstić information content (AvgIpc) is 3.28. The zero-order valence-corrected chi connectivity index (χ0v) is 16.3. The molecule has 0 aliphatic heterocycles. The summed E-state index contributed by atoms with van der Waals surface area (Å²) in [5.74, 6) is 1.80. The van der Waals surface area contributed by atoms with Crippen LogP contribution in [0.25, 0.3) is 0 Å². The molecule has 0 unspecified atom stereocenters. The summed E-state index contributed by atoms with van der Waals surface area (Å²) in [4.78, 5) is 10.9. The molecule has 0 saturated heterocycles. The van der Waals surface area contributed by atoms with E-state index < -0.39 is 0 Å². The average molecular weight is 373 g/mol. The molecule has 1 aliphatic carbocycles. The summed E-state index contributed by atoms with van der Waals surface area (Å²) in [5, 5.41) is 8.02. The molecule has 6 heteroatoms. The van der Waals surface area contributed by atoms with E-state index in [1.165, 1.54) is 34.8 Å². The molecule has 3 rings (SSSR count). The topological polar surface area (TPSA) is 62.5 Å². The van der Waals surface area contributed by atoms with Gasteiger partial charge in [-0.3, -0.25) is 0 Å². The second-order valence-corrected chi connectivity index (χ2v) is 7.91. The van der Waals surface area contributed by atoms with Crippen molar-refractivity contribution >= 4 is 17.3 Å². The molecule has 5 nitrogen and oxygen atoms in total. The van der Waals surface area contributed by atoms with Crippen molar-refractivity contribution in [1.82, 2.24) is 15.6 Å². The van der Waals surface area contributed by atoms with Crippen LogP contribution in [0, 0.1) is 0 Å². The van der Waals surface area contributed by atoms with Crippen LogP contribution in [-0.2, 0) is 25.7 Å². The van der Waals surface area contributed by atoms with Crippen LogP contribution in [0.3, 0.4) is 0 Å². The highest BCUT2D eigenvalue weighted by Crippen LogP contribution is 2.26. The fourth-order valence-corrected chi connectivity index (χ4v) is 4.10. The number of rotatable bonds is 8. The predicted molar refractivity (Wildman–Crippen MR) is 108 cm³/mol. The second kappa shape index (κ2) is 9.57. The van der Waals surface area contributed by atoms with Crippen molar-refractivity contribution in [2.24, 2.45) is 4.99 Å². The largest absolute Gasteiger partial charge is 0.469 e. The van der Waals surface area contributed by atoms with Gasteiger partial charge in [-0.05, 0) is 44.7 Å². The summed E-state index contributed by atoms with van der Waals surface area (Å²) in [7, 11) is 0. The van der Waals surface area contributed by atoms with Crippen LogP contribution < -0.4 is 10.6 Å². The molecule has 2 aromatic heterocycles. The normalized spacial score (nSPS) is 14.1. The standard InChI is InChI=1S/C20H28N4OS/c1-15(2)14-23-20(21-11-9-16-6-5-13-25-16)22-12-10-19-24-17-7-3-4-8-18(17)26-19/h5-6,13H,1,3-4,7-12,14H2,2H3,(H2,21,22,23). The first-order valence-corrected chi connectivity index (χ1v) is 10.2. The Bertz CT molecular complexity index is 710. The first-order valence-electron chi connectivity index (χ1n) is 9.37. The maximum absolute atomic E-state index is 5.37. The minimum absolute atomic E-state index is 0.627. The molecule has 1 aliphatic rings. The lowest BCUT2D eigenvalue weighted by molar-refractivity contribution is 0.507. The summed E-state index contributed by atoms with van der Waals surface area (Å²) in [5.41, 5.74) is 2.38. The molecular weight excluding hydrogens is 344 g/mol. The molecular formula is C20H28N4OS. The van der Waals surface area contributed by atoms with Gasteiger partial charge in [0, 0.05) is 30.8 Å². The molecule has 140 valence electrons. The van der Waals surface area contributed by atoms with E-state index in [1.54, 1.807) is 6.26 Å². The lowest BCUT2D eigenvalue weighted by atomic mass is 10.0. The van der Waals surface area contributed by atoms with Crippen LogP contribution in [0.2, 0.25) is 0 Å². The molecule has 26 heavy (non-hydrogen) atoms. The number of nitrogens with one attached hydrogen (secondary N) is 2. The van der Waals surface area contributed by atoms with Crippen molar-refractivity contribution in [3.8, 4) is 0 Å². The lowest BCUT2D eigenvalue weighted by Gasteiger charge is -2.12. The Balaban J connectivity index is 1.47. The molecule has 0 aromatic carbocycles. The van der Waals surface area contributed by atoms with Gasteiger partial charge in [0.15, 0.2) is 5.96 Å². The summed E-state index contributed by atoms with van der Waals surface area (Å²) >= 11 is 1.88. The first-order chi connectivity index (χ1) is 12.7. The summed E-state index contributed by atoms with van der Waals surface area (Å²) in [6.45, 7) is 8.15. The van der Waals surface area contributed by atoms with Gasteiger partial charge in [0.1, 0.15) is 5.76 Å².